The maximum Gasteiger partial charge on any atom is 0.163 e. The van der Waals surface area contributed by atoms with E-state index in [0.29, 0.717) is 12.0 Å². The van der Waals surface area contributed by atoms with Crippen LogP contribution in [0.3, 0.4) is 0 Å². The molecule has 140 valence electrons. The highest BCUT2D eigenvalue weighted by molar-refractivity contribution is 6.14. The molecule has 4 heteroatoms. The van der Waals surface area contributed by atoms with E-state index >= 15 is 0 Å². The van der Waals surface area contributed by atoms with E-state index in [9.17, 15) is 9.59 Å². The number of aromatic amines is 1. The van der Waals surface area contributed by atoms with Crippen molar-refractivity contribution in [3.63, 3.8) is 0 Å². The number of carbonyl (C=O) groups excluding carboxylic acids is 2. The molecule has 4 rings (SSSR count). The Morgan fingerprint density at radius 1 is 1.26 bits per heavy atom. The molecule has 1 N–H and O–H groups in total. The largest absolute Gasteiger partial charge is 0.353 e. The molecule has 2 aromatic rings. The molecule has 0 spiro atoms. The van der Waals surface area contributed by atoms with Gasteiger partial charge in [-0.05, 0) is 42.5 Å². The number of carbonyl (C=O) groups is 2. The zero-order valence-corrected chi connectivity index (χ0v) is 16.4. The van der Waals surface area contributed by atoms with Gasteiger partial charge in [-0.15, -0.1) is 0 Å². The van der Waals surface area contributed by atoms with Gasteiger partial charge in [0, 0.05) is 41.3 Å². The van der Waals surface area contributed by atoms with Gasteiger partial charge >= 0.3 is 0 Å². The number of nitrogens with zero attached hydrogens (tertiary/aromatic N) is 1. The second-order valence-corrected chi connectivity index (χ2v) is 8.23. The number of benzene rings is 1. The highest BCUT2D eigenvalue weighted by atomic mass is 16.1. The molecule has 0 bridgehead atoms. The third kappa shape index (κ3) is 2.97. The lowest BCUT2D eigenvalue weighted by Gasteiger charge is -2.29. The number of aliphatic imine (C=N–C) groups is 1. The van der Waals surface area contributed by atoms with Crippen LogP contribution >= 0.6 is 0 Å². The maximum absolute atomic E-state index is 13.0. The molecule has 0 fully saturated rings. The Bertz CT molecular complexity index is 1010. The highest BCUT2D eigenvalue weighted by Crippen LogP contribution is 2.34. The third-order valence-electron chi connectivity index (χ3n) is 6.02. The minimum atomic E-state index is -0.322. The summed E-state index contributed by atoms with van der Waals surface area (Å²) in [6.45, 7) is 8.64. The van der Waals surface area contributed by atoms with Crippen LogP contribution in [0.15, 0.2) is 34.8 Å². The Hall–Kier alpha value is -2.49. The van der Waals surface area contributed by atoms with Gasteiger partial charge in [0.05, 0.1) is 11.4 Å². The Kier molecular flexibility index (Phi) is 4.37. The molecular formula is C23H26N2O2. The number of aryl methyl sites for hydroxylation is 1. The molecule has 2 atom stereocenters. The van der Waals surface area contributed by atoms with Gasteiger partial charge in [-0.25, -0.2) is 0 Å². The van der Waals surface area contributed by atoms with E-state index in [2.05, 4.69) is 30.1 Å². The molecule has 1 aromatic carbocycles. The molecule has 27 heavy (non-hydrogen) atoms. The number of ketones is 2. The van der Waals surface area contributed by atoms with Crippen molar-refractivity contribution in [2.24, 2.45) is 22.7 Å². The molecule has 0 amide bonds. The number of fused-ring (bicyclic) bond motifs is 3. The number of H-pyrrole nitrogens is 1. The maximum atomic E-state index is 13.0. The molecule has 1 aliphatic carbocycles. The van der Waals surface area contributed by atoms with Crippen molar-refractivity contribution in [1.82, 2.24) is 4.98 Å². The predicted molar refractivity (Wildman–Crippen MR) is 108 cm³/mol. The summed E-state index contributed by atoms with van der Waals surface area (Å²) in [5, 5.41) is 1.24. The SMILES string of the molecule is Cc1ccc2c3c([nH]c2c1)C(CC1C(=O)C(C(C)C)=CC(=O)C1C)=NCC3. The van der Waals surface area contributed by atoms with Crippen LogP contribution in [0, 0.1) is 24.7 Å². The van der Waals surface area contributed by atoms with Crippen LogP contribution in [0.2, 0.25) is 0 Å². The number of rotatable bonds is 3. The van der Waals surface area contributed by atoms with E-state index in [0.717, 1.165) is 29.9 Å². The highest BCUT2D eigenvalue weighted by Gasteiger charge is 2.38. The first-order valence-corrected chi connectivity index (χ1v) is 9.81. The van der Waals surface area contributed by atoms with Gasteiger partial charge < -0.3 is 4.98 Å². The van der Waals surface area contributed by atoms with Crippen LogP contribution < -0.4 is 0 Å². The molecule has 0 saturated carbocycles. The lowest BCUT2D eigenvalue weighted by molar-refractivity contribution is -0.129. The van der Waals surface area contributed by atoms with Crippen molar-refractivity contribution >= 4 is 28.2 Å². The van der Waals surface area contributed by atoms with Crippen molar-refractivity contribution in [2.75, 3.05) is 6.54 Å². The van der Waals surface area contributed by atoms with E-state index in [4.69, 9.17) is 4.99 Å². The molecule has 4 nitrogen and oxygen atoms in total. The second-order valence-electron chi connectivity index (χ2n) is 8.23. The quantitative estimate of drug-likeness (QED) is 0.889. The van der Waals surface area contributed by atoms with Gasteiger partial charge in [0.2, 0.25) is 0 Å². The number of hydrogen-bond donors (Lipinski definition) is 1. The number of aromatic nitrogens is 1. The fourth-order valence-electron chi connectivity index (χ4n) is 4.35. The van der Waals surface area contributed by atoms with Crippen LogP contribution in [-0.4, -0.2) is 28.8 Å². The summed E-state index contributed by atoms with van der Waals surface area (Å²) in [6, 6.07) is 6.45. The molecule has 2 unspecified atom stereocenters. The van der Waals surface area contributed by atoms with Crippen LogP contribution in [0.25, 0.3) is 10.9 Å². The van der Waals surface area contributed by atoms with Crippen LogP contribution in [-0.2, 0) is 16.0 Å². The van der Waals surface area contributed by atoms with Gasteiger partial charge in [0.1, 0.15) is 0 Å². The Morgan fingerprint density at radius 2 is 2.04 bits per heavy atom. The normalized spacial score (nSPS) is 22.9. The average molecular weight is 362 g/mol. The van der Waals surface area contributed by atoms with Crippen LogP contribution in [0.4, 0.5) is 0 Å². The Morgan fingerprint density at radius 3 is 2.78 bits per heavy atom. The summed E-state index contributed by atoms with van der Waals surface area (Å²) in [7, 11) is 0. The number of Topliss-reactive ketones (excluding diaryl/α,β-unsaturated/α-hetero) is 1. The molecular weight excluding hydrogens is 336 g/mol. The van der Waals surface area contributed by atoms with E-state index in [-0.39, 0.29) is 29.3 Å². The van der Waals surface area contributed by atoms with Gasteiger partial charge in [-0.1, -0.05) is 32.9 Å². The summed E-state index contributed by atoms with van der Waals surface area (Å²) in [4.78, 5) is 33.8. The molecule has 2 heterocycles. The molecule has 0 radical (unpaired) electrons. The molecule has 1 aliphatic heterocycles. The number of hydrogen-bond acceptors (Lipinski definition) is 3. The monoisotopic (exact) mass is 362 g/mol. The number of allylic oxidation sites excluding steroid dienone is 2. The van der Waals surface area contributed by atoms with E-state index in [1.165, 1.54) is 16.5 Å². The fraction of sp³-hybridized carbons (Fsp3) is 0.435. The lowest BCUT2D eigenvalue weighted by atomic mass is 9.73. The summed E-state index contributed by atoms with van der Waals surface area (Å²) < 4.78 is 0. The minimum Gasteiger partial charge on any atom is -0.353 e. The van der Waals surface area contributed by atoms with Crippen molar-refractivity contribution < 1.29 is 9.59 Å². The summed E-state index contributed by atoms with van der Waals surface area (Å²) in [6.07, 6.45) is 2.99. The zero-order chi connectivity index (χ0) is 19.3. The number of nitrogens with one attached hydrogen (secondary N) is 1. The lowest BCUT2D eigenvalue weighted by Crippen LogP contribution is -2.36. The van der Waals surface area contributed by atoms with Gasteiger partial charge in [-0.3, -0.25) is 14.6 Å². The van der Waals surface area contributed by atoms with Crippen LogP contribution in [0.5, 0.6) is 0 Å². The van der Waals surface area contributed by atoms with Crippen LogP contribution in [0.1, 0.15) is 44.0 Å². The van der Waals surface area contributed by atoms with Crippen molar-refractivity contribution in [3.05, 3.63) is 46.7 Å². The zero-order valence-electron chi connectivity index (χ0n) is 16.4. The van der Waals surface area contributed by atoms with Gasteiger partial charge in [0.25, 0.3) is 0 Å². The first-order valence-electron chi connectivity index (χ1n) is 9.81. The topological polar surface area (TPSA) is 62.3 Å². The standard InChI is InChI=1S/C23H26N2O2/c1-12(2)17-11-21(26)14(4)18(23(17)27)10-20-22-16(7-8-24-20)15-6-5-13(3)9-19(15)25-22/h5-6,9,11-12,14,18,25H,7-8,10H2,1-4H3. The molecule has 2 aliphatic rings. The Balaban J connectivity index is 1.71. The van der Waals surface area contributed by atoms with Gasteiger partial charge in [-0.2, -0.15) is 0 Å². The summed E-state index contributed by atoms with van der Waals surface area (Å²) >= 11 is 0. The smallest absolute Gasteiger partial charge is 0.163 e. The van der Waals surface area contributed by atoms with Crippen molar-refractivity contribution in [3.8, 4) is 0 Å². The van der Waals surface area contributed by atoms with Gasteiger partial charge in [0.15, 0.2) is 11.6 Å². The van der Waals surface area contributed by atoms with E-state index < -0.39 is 0 Å². The second kappa shape index (κ2) is 6.59. The van der Waals surface area contributed by atoms with Crippen molar-refractivity contribution in [1.29, 1.82) is 0 Å². The van der Waals surface area contributed by atoms with E-state index in [1.54, 1.807) is 6.08 Å². The molecule has 1 aromatic heterocycles. The molecule has 0 saturated heterocycles. The fourth-order valence-corrected chi connectivity index (χ4v) is 4.35. The minimum absolute atomic E-state index is 0.0622. The van der Waals surface area contributed by atoms with Crippen molar-refractivity contribution in [2.45, 2.75) is 40.5 Å². The third-order valence-corrected chi connectivity index (χ3v) is 6.02. The summed E-state index contributed by atoms with van der Waals surface area (Å²) in [5.41, 5.74) is 6.27. The first-order chi connectivity index (χ1) is 12.9. The predicted octanol–water partition coefficient (Wildman–Crippen LogP) is 4.20. The van der Waals surface area contributed by atoms with E-state index in [1.807, 2.05) is 20.8 Å². The summed E-state index contributed by atoms with van der Waals surface area (Å²) in [5.74, 6) is -0.375. The average Bonchev–Trinajstić information content (AvgIpc) is 2.99. The first kappa shape index (κ1) is 17.9. The Labute approximate surface area is 159 Å².